The van der Waals surface area contributed by atoms with Crippen molar-refractivity contribution in [2.75, 3.05) is 38.6 Å². The van der Waals surface area contributed by atoms with Gasteiger partial charge in [-0.15, -0.1) is 0 Å². The Bertz CT molecular complexity index is 495. The number of amides is 2. The number of urea groups is 1. The van der Waals surface area contributed by atoms with Crippen LogP contribution in [0.1, 0.15) is 19.3 Å². The molecule has 2 N–H and O–H groups in total. The first-order valence-electron chi connectivity index (χ1n) is 7.62. The van der Waals surface area contributed by atoms with E-state index in [1.54, 1.807) is 7.11 Å². The molecular weight excluding hydrogens is 266 g/mol. The lowest BCUT2D eigenvalue weighted by atomic mass is 9.78. The van der Waals surface area contributed by atoms with Crippen LogP contribution < -0.4 is 15.4 Å². The number of carbonyl (C=O) groups excluding carboxylic acids is 1. The Labute approximate surface area is 125 Å². The van der Waals surface area contributed by atoms with Crippen molar-refractivity contribution in [3.05, 3.63) is 24.3 Å². The molecule has 114 valence electrons. The summed E-state index contributed by atoms with van der Waals surface area (Å²) in [6.07, 6.45) is 3.49. The van der Waals surface area contributed by atoms with Gasteiger partial charge in [-0.25, -0.2) is 4.79 Å². The summed E-state index contributed by atoms with van der Waals surface area (Å²) in [5.41, 5.74) is 1.16. The van der Waals surface area contributed by atoms with Crippen LogP contribution in [0, 0.1) is 5.41 Å². The molecule has 0 unspecified atom stereocenters. The summed E-state index contributed by atoms with van der Waals surface area (Å²) in [6, 6.07) is 7.46. The number of anilines is 1. The predicted octanol–water partition coefficient (Wildman–Crippen LogP) is 2.30. The standard InChI is InChI=1S/C16H23N3O2/c1-21-14-4-2-13(3-5-14)18-15(20)19-11-8-16(12-19)6-9-17-10-7-16/h2-5,17H,6-12H2,1H3,(H,18,20). The van der Waals surface area contributed by atoms with Gasteiger partial charge in [0.2, 0.25) is 0 Å². The van der Waals surface area contributed by atoms with Crippen LogP contribution >= 0.6 is 0 Å². The van der Waals surface area contributed by atoms with Gasteiger partial charge < -0.3 is 20.3 Å². The number of likely N-dealkylation sites (tertiary alicyclic amines) is 1. The summed E-state index contributed by atoms with van der Waals surface area (Å²) in [6.45, 7) is 3.90. The first-order valence-corrected chi connectivity index (χ1v) is 7.62. The summed E-state index contributed by atoms with van der Waals surface area (Å²) in [5, 5.41) is 6.37. The monoisotopic (exact) mass is 289 g/mol. The van der Waals surface area contributed by atoms with Gasteiger partial charge in [0.25, 0.3) is 0 Å². The fourth-order valence-corrected chi connectivity index (χ4v) is 3.35. The first kappa shape index (κ1) is 14.2. The number of rotatable bonds is 2. The highest BCUT2D eigenvalue weighted by Gasteiger charge is 2.40. The third kappa shape index (κ3) is 3.13. The molecule has 0 aliphatic carbocycles. The van der Waals surface area contributed by atoms with Crippen LogP contribution in [0.5, 0.6) is 5.75 Å². The first-order chi connectivity index (χ1) is 10.2. The van der Waals surface area contributed by atoms with Gasteiger partial charge in [0.15, 0.2) is 0 Å². The third-order valence-electron chi connectivity index (χ3n) is 4.73. The van der Waals surface area contributed by atoms with Crippen LogP contribution in [-0.4, -0.2) is 44.2 Å². The minimum Gasteiger partial charge on any atom is -0.497 e. The summed E-state index contributed by atoms with van der Waals surface area (Å²) < 4.78 is 5.12. The minimum atomic E-state index is 0.00979. The number of carbonyl (C=O) groups is 1. The van der Waals surface area contributed by atoms with Gasteiger partial charge >= 0.3 is 6.03 Å². The van der Waals surface area contributed by atoms with Crippen molar-refractivity contribution < 1.29 is 9.53 Å². The van der Waals surface area contributed by atoms with E-state index in [1.165, 1.54) is 12.8 Å². The smallest absolute Gasteiger partial charge is 0.321 e. The molecule has 2 heterocycles. The van der Waals surface area contributed by atoms with E-state index in [0.717, 1.165) is 44.0 Å². The lowest BCUT2D eigenvalue weighted by Gasteiger charge is -2.33. The molecule has 1 aromatic carbocycles. The summed E-state index contributed by atoms with van der Waals surface area (Å²) in [5.74, 6) is 0.794. The number of methoxy groups -OCH3 is 1. The zero-order chi connectivity index (χ0) is 14.7. The van der Waals surface area contributed by atoms with E-state index >= 15 is 0 Å². The van der Waals surface area contributed by atoms with E-state index < -0.39 is 0 Å². The average Bonchev–Trinajstić information content (AvgIpc) is 2.92. The molecule has 5 heteroatoms. The van der Waals surface area contributed by atoms with Crippen LogP contribution in [0.15, 0.2) is 24.3 Å². The fraction of sp³-hybridized carbons (Fsp3) is 0.562. The van der Waals surface area contributed by atoms with E-state index in [0.29, 0.717) is 5.41 Å². The molecule has 2 aliphatic rings. The highest BCUT2D eigenvalue weighted by Crippen LogP contribution is 2.38. The van der Waals surface area contributed by atoms with Crippen molar-refractivity contribution in [3.63, 3.8) is 0 Å². The molecule has 21 heavy (non-hydrogen) atoms. The van der Waals surface area contributed by atoms with Crippen molar-refractivity contribution in [2.24, 2.45) is 5.41 Å². The molecule has 2 aliphatic heterocycles. The van der Waals surface area contributed by atoms with Crippen molar-refractivity contribution in [1.29, 1.82) is 0 Å². The SMILES string of the molecule is COc1ccc(NC(=O)N2CCC3(CCNCC3)C2)cc1. The topological polar surface area (TPSA) is 53.6 Å². The minimum absolute atomic E-state index is 0.00979. The van der Waals surface area contributed by atoms with Gasteiger partial charge in [-0.1, -0.05) is 0 Å². The Kier molecular flexibility index (Phi) is 4.01. The van der Waals surface area contributed by atoms with Crippen LogP contribution in [0.4, 0.5) is 10.5 Å². The molecule has 2 saturated heterocycles. The Morgan fingerprint density at radius 2 is 1.95 bits per heavy atom. The summed E-state index contributed by atoms with van der Waals surface area (Å²) >= 11 is 0. The lowest BCUT2D eigenvalue weighted by molar-refractivity contribution is 0.191. The predicted molar refractivity (Wildman–Crippen MR) is 82.7 cm³/mol. The zero-order valence-corrected chi connectivity index (χ0v) is 12.5. The maximum atomic E-state index is 12.4. The number of nitrogens with zero attached hydrogens (tertiary/aromatic N) is 1. The van der Waals surface area contributed by atoms with E-state index in [2.05, 4.69) is 10.6 Å². The van der Waals surface area contributed by atoms with Crippen molar-refractivity contribution in [2.45, 2.75) is 19.3 Å². The number of hydrogen-bond acceptors (Lipinski definition) is 3. The number of hydrogen-bond donors (Lipinski definition) is 2. The van der Waals surface area contributed by atoms with Gasteiger partial charge in [-0.3, -0.25) is 0 Å². The Morgan fingerprint density at radius 1 is 1.24 bits per heavy atom. The average molecular weight is 289 g/mol. The largest absolute Gasteiger partial charge is 0.497 e. The van der Waals surface area contributed by atoms with Gasteiger partial charge in [0.1, 0.15) is 5.75 Å². The van der Waals surface area contributed by atoms with E-state index in [-0.39, 0.29) is 6.03 Å². The number of piperidine rings is 1. The van der Waals surface area contributed by atoms with Crippen LogP contribution in [0.3, 0.4) is 0 Å². The van der Waals surface area contributed by atoms with Gasteiger partial charge in [-0.2, -0.15) is 0 Å². The quantitative estimate of drug-likeness (QED) is 0.878. The van der Waals surface area contributed by atoms with Gasteiger partial charge in [0.05, 0.1) is 7.11 Å². The molecule has 0 atom stereocenters. The van der Waals surface area contributed by atoms with Crippen LogP contribution in [-0.2, 0) is 0 Å². The molecular formula is C16H23N3O2. The molecule has 3 rings (SSSR count). The third-order valence-corrected chi connectivity index (χ3v) is 4.73. The molecule has 0 radical (unpaired) electrons. The molecule has 0 bridgehead atoms. The molecule has 1 aromatic rings. The Morgan fingerprint density at radius 3 is 2.62 bits per heavy atom. The second kappa shape index (κ2) is 5.93. The number of ether oxygens (including phenoxy) is 1. The summed E-state index contributed by atoms with van der Waals surface area (Å²) in [7, 11) is 1.64. The number of benzene rings is 1. The molecule has 0 saturated carbocycles. The van der Waals surface area contributed by atoms with Gasteiger partial charge in [-0.05, 0) is 62.0 Å². The highest BCUT2D eigenvalue weighted by molar-refractivity contribution is 5.89. The maximum Gasteiger partial charge on any atom is 0.321 e. The van der Waals surface area contributed by atoms with Crippen molar-refractivity contribution in [3.8, 4) is 5.75 Å². The lowest BCUT2D eigenvalue weighted by Crippen LogP contribution is -2.40. The number of nitrogens with one attached hydrogen (secondary N) is 2. The fourth-order valence-electron chi connectivity index (χ4n) is 3.35. The zero-order valence-electron chi connectivity index (χ0n) is 12.5. The van der Waals surface area contributed by atoms with E-state index in [9.17, 15) is 4.79 Å². The van der Waals surface area contributed by atoms with E-state index in [1.807, 2.05) is 29.2 Å². The van der Waals surface area contributed by atoms with E-state index in [4.69, 9.17) is 4.74 Å². The molecule has 1 spiro atoms. The molecule has 2 fully saturated rings. The van der Waals surface area contributed by atoms with Crippen molar-refractivity contribution in [1.82, 2.24) is 10.2 Å². The summed E-state index contributed by atoms with van der Waals surface area (Å²) in [4.78, 5) is 14.3. The van der Waals surface area contributed by atoms with Crippen LogP contribution in [0.25, 0.3) is 0 Å². The second-order valence-electron chi connectivity index (χ2n) is 6.08. The normalized spacial score (nSPS) is 20.5. The molecule has 0 aromatic heterocycles. The Balaban J connectivity index is 1.58. The molecule has 5 nitrogen and oxygen atoms in total. The second-order valence-corrected chi connectivity index (χ2v) is 6.08. The molecule has 2 amide bonds. The van der Waals surface area contributed by atoms with Gasteiger partial charge in [0, 0.05) is 18.8 Å². The van der Waals surface area contributed by atoms with Crippen molar-refractivity contribution >= 4 is 11.7 Å². The van der Waals surface area contributed by atoms with Crippen LogP contribution in [0.2, 0.25) is 0 Å². The Hall–Kier alpha value is -1.75. The highest BCUT2D eigenvalue weighted by atomic mass is 16.5. The maximum absolute atomic E-state index is 12.4.